The SMILES string of the molecule is O=C(OF)C(=O)OF.OB(O)ON1CCCC1. The highest BCUT2D eigenvalue weighted by Gasteiger charge is 2.19. The second kappa shape index (κ2) is 8.81. The summed E-state index contributed by atoms with van der Waals surface area (Å²) >= 11 is 0. The van der Waals surface area contributed by atoms with Crippen molar-refractivity contribution in [3.8, 4) is 0 Å². The molecule has 0 unspecified atom stereocenters. The summed E-state index contributed by atoms with van der Waals surface area (Å²) in [6, 6.07) is 0. The van der Waals surface area contributed by atoms with E-state index in [1.54, 1.807) is 5.06 Å². The fraction of sp³-hybridized carbons (Fsp3) is 0.667. The van der Waals surface area contributed by atoms with Crippen molar-refractivity contribution in [2.24, 2.45) is 0 Å². The number of halogens is 2. The van der Waals surface area contributed by atoms with Gasteiger partial charge in [-0.2, -0.15) is 0 Å². The number of hydroxylamine groups is 2. The lowest BCUT2D eigenvalue weighted by Gasteiger charge is -2.12. The average Bonchev–Trinajstić information content (AvgIpc) is 2.79. The molecule has 0 atom stereocenters. The zero-order chi connectivity index (χ0) is 13.3. The second-order valence-electron chi connectivity index (χ2n) is 2.80. The first-order valence-electron chi connectivity index (χ1n) is 4.44. The average molecular weight is 257 g/mol. The minimum atomic E-state index is -2.02. The van der Waals surface area contributed by atoms with Crippen LogP contribution in [0.15, 0.2) is 0 Å². The van der Waals surface area contributed by atoms with Crippen LogP contribution in [-0.2, 0) is 24.2 Å². The Balaban J connectivity index is 0.000000304. The Morgan fingerprint density at radius 1 is 1.06 bits per heavy atom. The molecule has 0 aromatic rings. The Labute approximate surface area is 94.6 Å². The zero-order valence-electron chi connectivity index (χ0n) is 8.54. The van der Waals surface area contributed by atoms with Crippen molar-refractivity contribution >= 4 is 19.3 Å². The predicted molar refractivity (Wildman–Crippen MR) is 46.5 cm³/mol. The first kappa shape index (κ1) is 15.7. The maximum Gasteiger partial charge on any atom is 0.651 e. The Morgan fingerprint density at radius 2 is 1.47 bits per heavy atom. The van der Waals surface area contributed by atoms with E-state index in [0.29, 0.717) is 0 Å². The standard InChI is InChI=1S/C4H10BNO3.C2F2O4/c7-5(8)9-6-3-1-2-4-6;3-7-1(5)2(6)8-4/h7-8H,1-4H2;. The zero-order valence-corrected chi connectivity index (χ0v) is 8.54. The quantitative estimate of drug-likeness (QED) is 0.470. The van der Waals surface area contributed by atoms with Crippen LogP contribution >= 0.6 is 0 Å². The molecule has 98 valence electrons. The molecule has 0 aliphatic carbocycles. The topological polar surface area (TPSA) is 106 Å². The van der Waals surface area contributed by atoms with Gasteiger partial charge >= 0.3 is 19.3 Å². The third kappa shape index (κ3) is 7.57. The summed E-state index contributed by atoms with van der Waals surface area (Å²) in [7, 11) is -1.65. The van der Waals surface area contributed by atoms with Crippen LogP contribution in [0.2, 0.25) is 0 Å². The van der Waals surface area contributed by atoms with Gasteiger partial charge in [-0.05, 0) is 12.8 Å². The van der Waals surface area contributed by atoms with Crippen molar-refractivity contribution in [1.29, 1.82) is 0 Å². The molecule has 0 aromatic carbocycles. The largest absolute Gasteiger partial charge is 0.651 e. The second-order valence-corrected chi connectivity index (χ2v) is 2.80. The van der Waals surface area contributed by atoms with Crippen molar-refractivity contribution in [2.45, 2.75) is 12.8 Å². The van der Waals surface area contributed by atoms with Crippen molar-refractivity contribution < 1.29 is 43.3 Å². The van der Waals surface area contributed by atoms with Crippen LogP contribution < -0.4 is 0 Å². The smallest absolute Gasteiger partial charge is 0.401 e. The van der Waals surface area contributed by atoms with Gasteiger partial charge in [0.15, 0.2) is 0 Å². The highest BCUT2D eigenvalue weighted by atomic mass is 19.3. The van der Waals surface area contributed by atoms with E-state index in [9.17, 15) is 18.6 Å². The first-order valence-corrected chi connectivity index (χ1v) is 4.44. The molecule has 8 nitrogen and oxygen atoms in total. The van der Waals surface area contributed by atoms with E-state index in [-0.39, 0.29) is 0 Å². The van der Waals surface area contributed by atoms with Crippen molar-refractivity contribution in [2.75, 3.05) is 13.1 Å². The highest BCUT2D eigenvalue weighted by Crippen LogP contribution is 2.06. The summed E-state index contributed by atoms with van der Waals surface area (Å²) in [6.45, 7) is 1.61. The number of rotatable bonds is 2. The summed E-state index contributed by atoms with van der Waals surface area (Å²) in [4.78, 5) is 23.4. The van der Waals surface area contributed by atoms with Gasteiger partial charge < -0.3 is 10.0 Å². The van der Waals surface area contributed by atoms with Crippen LogP contribution in [0.3, 0.4) is 0 Å². The van der Waals surface area contributed by atoms with Gasteiger partial charge in [-0.15, -0.1) is 0 Å². The number of carbonyl (C=O) groups is 2. The number of nitrogens with zero attached hydrogens (tertiary/aromatic N) is 1. The molecular formula is C6H10BF2NO7. The molecule has 0 amide bonds. The molecule has 0 radical (unpaired) electrons. The highest BCUT2D eigenvalue weighted by molar-refractivity contribution is 6.32. The summed E-state index contributed by atoms with van der Waals surface area (Å²) < 4.78 is 25.6. The van der Waals surface area contributed by atoms with Gasteiger partial charge in [0.1, 0.15) is 0 Å². The normalized spacial score (nSPS) is 14.6. The van der Waals surface area contributed by atoms with Gasteiger partial charge in [-0.1, -0.05) is 0 Å². The van der Waals surface area contributed by atoms with Crippen molar-refractivity contribution in [3.05, 3.63) is 0 Å². The molecule has 1 aliphatic rings. The Morgan fingerprint density at radius 3 is 1.76 bits per heavy atom. The summed E-state index contributed by atoms with van der Waals surface area (Å²) in [5.41, 5.74) is 0. The van der Waals surface area contributed by atoms with Gasteiger partial charge in [-0.25, -0.2) is 24.5 Å². The van der Waals surface area contributed by atoms with Crippen molar-refractivity contribution in [1.82, 2.24) is 5.06 Å². The van der Waals surface area contributed by atoms with Crippen LogP contribution in [0.25, 0.3) is 0 Å². The van der Waals surface area contributed by atoms with E-state index in [1.807, 2.05) is 0 Å². The van der Waals surface area contributed by atoms with E-state index in [2.05, 4.69) is 14.6 Å². The summed E-state index contributed by atoms with van der Waals surface area (Å²) in [6.07, 6.45) is 2.15. The molecule has 1 fully saturated rings. The van der Waals surface area contributed by atoms with E-state index in [1.165, 1.54) is 0 Å². The summed E-state index contributed by atoms with van der Waals surface area (Å²) in [5.74, 6) is -4.04. The van der Waals surface area contributed by atoms with Crippen LogP contribution in [0.5, 0.6) is 0 Å². The van der Waals surface area contributed by atoms with Crippen LogP contribution in [0, 0.1) is 0 Å². The van der Waals surface area contributed by atoms with Gasteiger partial charge in [0.2, 0.25) is 0 Å². The van der Waals surface area contributed by atoms with Gasteiger partial charge in [0.05, 0.1) is 0 Å². The fourth-order valence-corrected chi connectivity index (χ4v) is 0.990. The monoisotopic (exact) mass is 257 g/mol. The molecule has 2 N–H and O–H groups in total. The lowest BCUT2D eigenvalue weighted by molar-refractivity contribution is -0.212. The van der Waals surface area contributed by atoms with Gasteiger partial charge in [-0.3, -0.25) is 4.76 Å². The predicted octanol–water partition coefficient (Wildman–Crippen LogP) is -1.17. The molecule has 0 aromatic heterocycles. The first-order chi connectivity index (χ1) is 8.01. The lowest BCUT2D eigenvalue weighted by Crippen LogP contribution is -2.30. The number of carbonyl (C=O) groups excluding carboxylic acids is 2. The minimum absolute atomic E-state index is 0.803. The molecule has 1 heterocycles. The summed E-state index contributed by atoms with van der Waals surface area (Å²) in [5, 5.41) is 18.2. The minimum Gasteiger partial charge on any atom is -0.401 e. The maximum absolute atomic E-state index is 10.5. The molecule has 0 saturated carbocycles. The van der Waals surface area contributed by atoms with Crippen molar-refractivity contribution in [3.63, 3.8) is 0 Å². The third-order valence-corrected chi connectivity index (χ3v) is 1.62. The Bertz CT molecular complexity index is 235. The van der Waals surface area contributed by atoms with E-state index in [0.717, 1.165) is 25.9 Å². The van der Waals surface area contributed by atoms with E-state index in [4.69, 9.17) is 10.0 Å². The Hall–Kier alpha value is -1.30. The Kier molecular flexibility index (Phi) is 8.14. The molecule has 0 spiro atoms. The van der Waals surface area contributed by atoms with Gasteiger partial charge in [0, 0.05) is 22.1 Å². The van der Waals surface area contributed by atoms with Crippen LogP contribution in [0.1, 0.15) is 12.8 Å². The molecule has 1 aliphatic heterocycles. The van der Waals surface area contributed by atoms with Gasteiger partial charge in [0.25, 0.3) is 0 Å². The lowest BCUT2D eigenvalue weighted by atomic mass is 10.3. The maximum atomic E-state index is 10.5. The molecule has 0 bridgehead atoms. The van der Waals surface area contributed by atoms with Crippen LogP contribution in [0.4, 0.5) is 9.05 Å². The number of hydrogen-bond donors (Lipinski definition) is 2. The fourth-order valence-electron chi connectivity index (χ4n) is 0.990. The molecule has 11 heteroatoms. The number of hydrogen-bond acceptors (Lipinski definition) is 8. The third-order valence-electron chi connectivity index (χ3n) is 1.62. The van der Waals surface area contributed by atoms with E-state index < -0.39 is 19.3 Å². The molecule has 17 heavy (non-hydrogen) atoms. The molecular weight excluding hydrogens is 247 g/mol. The van der Waals surface area contributed by atoms with Crippen LogP contribution in [-0.4, -0.2) is 47.5 Å². The van der Waals surface area contributed by atoms with E-state index >= 15 is 0 Å². The molecule has 1 saturated heterocycles. The molecule has 1 rings (SSSR count).